The Balaban J connectivity index is 2.16. The number of halogens is 1. The van der Waals surface area contributed by atoms with Gasteiger partial charge in [-0.3, -0.25) is 13.9 Å². The van der Waals surface area contributed by atoms with Gasteiger partial charge in [0.25, 0.3) is 5.56 Å². The molecule has 0 bridgehead atoms. The standard InChI is InChI=1S/C18H19BrN2O3S/c1-10(2)9-21-17-13(16(23)20(3)18(21)24)8-12(25-17)7-11-5-4-6-14(22)15(11)19/h4-6,8,10,22H,7,9H2,1-3H3. The molecule has 0 saturated carbocycles. The average Bonchev–Trinajstić information content (AvgIpc) is 2.97. The second kappa shape index (κ2) is 6.80. The maximum atomic E-state index is 12.5. The number of benzene rings is 1. The van der Waals surface area contributed by atoms with E-state index in [0.29, 0.717) is 33.6 Å². The number of phenols is 1. The Morgan fingerprint density at radius 1 is 1.28 bits per heavy atom. The molecular weight excluding hydrogens is 404 g/mol. The van der Waals surface area contributed by atoms with Crippen LogP contribution >= 0.6 is 27.3 Å². The van der Waals surface area contributed by atoms with Gasteiger partial charge in [-0.15, -0.1) is 11.3 Å². The first-order valence-corrected chi connectivity index (χ1v) is 9.59. The van der Waals surface area contributed by atoms with Crippen molar-refractivity contribution < 1.29 is 5.11 Å². The van der Waals surface area contributed by atoms with Crippen LogP contribution in [0.1, 0.15) is 24.3 Å². The molecule has 0 radical (unpaired) electrons. The lowest BCUT2D eigenvalue weighted by Gasteiger charge is -2.11. The fourth-order valence-electron chi connectivity index (χ4n) is 2.82. The minimum atomic E-state index is -0.280. The number of thiophene rings is 1. The van der Waals surface area contributed by atoms with E-state index >= 15 is 0 Å². The van der Waals surface area contributed by atoms with Crippen LogP contribution in [0.5, 0.6) is 5.75 Å². The molecule has 0 amide bonds. The molecule has 25 heavy (non-hydrogen) atoms. The summed E-state index contributed by atoms with van der Waals surface area (Å²) in [6.45, 7) is 4.66. The van der Waals surface area contributed by atoms with E-state index in [4.69, 9.17) is 0 Å². The van der Waals surface area contributed by atoms with E-state index in [2.05, 4.69) is 15.9 Å². The van der Waals surface area contributed by atoms with Crippen LogP contribution < -0.4 is 11.2 Å². The van der Waals surface area contributed by atoms with Crippen LogP contribution in [0.4, 0.5) is 0 Å². The number of hydrogen-bond donors (Lipinski definition) is 1. The molecule has 0 atom stereocenters. The minimum Gasteiger partial charge on any atom is -0.507 e. The zero-order valence-corrected chi connectivity index (χ0v) is 16.6. The van der Waals surface area contributed by atoms with E-state index in [0.717, 1.165) is 10.4 Å². The number of phenolic OH excluding ortho intramolecular Hbond substituents is 1. The van der Waals surface area contributed by atoms with Crippen LogP contribution in [-0.4, -0.2) is 14.2 Å². The average molecular weight is 423 g/mol. The fourth-order valence-corrected chi connectivity index (χ4v) is 4.40. The van der Waals surface area contributed by atoms with E-state index in [1.165, 1.54) is 23.0 Å². The highest BCUT2D eigenvalue weighted by molar-refractivity contribution is 9.10. The smallest absolute Gasteiger partial charge is 0.331 e. The van der Waals surface area contributed by atoms with Crippen molar-refractivity contribution >= 4 is 37.5 Å². The fraction of sp³-hybridized carbons (Fsp3) is 0.333. The van der Waals surface area contributed by atoms with Crippen LogP contribution in [-0.2, 0) is 20.0 Å². The van der Waals surface area contributed by atoms with E-state index in [1.54, 1.807) is 16.7 Å². The molecule has 3 rings (SSSR count). The van der Waals surface area contributed by atoms with Crippen molar-refractivity contribution in [2.24, 2.45) is 13.0 Å². The van der Waals surface area contributed by atoms with Gasteiger partial charge in [0, 0.05) is 24.9 Å². The molecule has 1 aromatic carbocycles. The van der Waals surface area contributed by atoms with Crippen molar-refractivity contribution in [1.29, 1.82) is 0 Å². The van der Waals surface area contributed by atoms with Gasteiger partial charge in [0.15, 0.2) is 0 Å². The van der Waals surface area contributed by atoms with E-state index in [1.807, 2.05) is 26.0 Å². The SMILES string of the molecule is CC(C)Cn1c(=O)n(C)c(=O)c2cc(Cc3cccc(O)c3Br)sc21. The molecular formula is C18H19BrN2O3S. The molecule has 0 aliphatic carbocycles. The molecule has 2 heterocycles. The summed E-state index contributed by atoms with van der Waals surface area (Å²) in [5, 5.41) is 10.4. The van der Waals surface area contributed by atoms with Gasteiger partial charge < -0.3 is 5.11 Å². The van der Waals surface area contributed by atoms with Crippen molar-refractivity contribution in [2.45, 2.75) is 26.8 Å². The van der Waals surface area contributed by atoms with E-state index < -0.39 is 0 Å². The Labute approximate surface area is 157 Å². The first-order chi connectivity index (χ1) is 11.8. The van der Waals surface area contributed by atoms with Gasteiger partial charge in [0.05, 0.1) is 9.86 Å². The topological polar surface area (TPSA) is 64.2 Å². The monoisotopic (exact) mass is 422 g/mol. The summed E-state index contributed by atoms with van der Waals surface area (Å²) in [5.74, 6) is 0.482. The molecule has 3 aromatic rings. The molecule has 5 nitrogen and oxygen atoms in total. The molecule has 0 spiro atoms. The Hall–Kier alpha value is -1.86. The van der Waals surface area contributed by atoms with E-state index in [9.17, 15) is 14.7 Å². The third kappa shape index (κ3) is 3.30. The first kappa shape index (κ1) is 17.9. The normalized spacial score (nSPS) is 11.6. The highest BCUT2D eigenvalue weighted by Crippen LogP contribution is 2.31. The Kier molecular flexibility index (Phi) is 4.88. The lowest BCUT2D eigenvalue weighted by molar-refractivity contribution is 0.471. The third-order valence-electron chi connectivity index (χ3n) is 4.03. The van der Waals surface area contributed by atoms with Gasteiger partial charge in [-0.1, -0.05) is 26.0 Å². The summed E-state index contributed by atoms with van der Waals surface area (Å²) in [6.07, 6.45) is 0.577. The van der Waals surface area contributed by atoms with Crippen LogP contribution in [0.15, 0.2) is 38.3 Å². The lowest BCUT2D eigenvalue weighted by Crippen LogP contribution is -2.38. The summed E-state index contributed by atoms with van der Waals surface area (Å²) in [6, 6.07) is 7.19. The van der Waals surface area contributed by atoms with Crippen molar-refractivity contribution in [3.05, 3.63) is 60.0 Å². The predicted octanol–water partition coefficient (Wildman–Crippen LogP) is 3.48. The summed E-state index contributed by atoms with van der Waals surface area (Å²) < 4.78 is 3.51. The third-order valence-corrected chi connectivity index (χ3v) is 6.11. The van der Waals surface area contributed by atoms with Gasteiger partial charge in [-0.05, 0) is 39.5 Å². The summed E-state index contributed by atoms with van der Waals surface area (Å²) in [7, 11) is 1.52. The molecule has 0 aliphatic rings. The Morgan fingerprint density at radius 3 is 2.68 bits per heavy atom. The molecule has 1 N–H and O–H groups in total. The number of nitrogens with zero attached hydrogens (tertiary/aromatic N) is 2. The predicted molar refractivity (Wildman–Crippen MR) is 105 cm³/mol. The number of fused-ring (bicyclic) bond motifs is 1. The second-order valence-corrected chi connectivity index (χ2v) is 8.42. The molecule has 132 valence electrons. The van der Waals surface area contributed by atoms with Crippen molar-refractivity contribution in [1.82, 2.24) is 9.13 Å². The maximum absolute atomic E-state index is 12.5. The van der Waals surface area contributed by atoms with Crippen LogP contribution in [0, 0.1) is 5.92 Å². The second-order valence-electron chi connectivity index (χ2n) is 6.51. The number of aromatic hydroxyl groups is 1. The highest BCUT2D eigenvalue weighted by Gasteiger charge is 2.16. The van der Waals surface area contributed by atoms with Crippen LogP contribution in [0.2, 0.25) is 0 Å². The summed E-state index contributed by atoms with van der Waals surface area (Å²) in [5.41, 5.74) is 0.386. The first-order valence-electron chi connectivity index (χ1n) is 7.98. The van der Waals surface area contributed by atoms with Crippen LogP contribution in [0.25, 0.3) is 10.2 Å². The van der Waals surface area contributed by atoms with Crippen molar-refractivity contribution in [3.63, 3.8) is 0 Å². The maximum Gasteiger partial charge on any atom is 0.331 e. The lowest BCUT2D eigenvalue weighted by atomic mass is 10.1. The zero-order valence-electron chi connectivity index (χ0n) is 14.2. The van der Waals surface area contributed by atoms with Crippen LogP contribution in [0.3, 0.4) is 0 Å². The number of hydrogen-bond acceptors (Lipinski definition) is 4. The van der Waals surface area contributed by atoms with E-state index in [-0.39, 0.29) is 17.0 Å². The Morgan fingerprint density at radius 2 is 2.00 bits per heavy atom. The summed E-state index contributed by atoms with van der Waals surface area (Å²) in [4.78, 5) is 26.7. The molecule has 0 aliphatic heterocycles. The molecule has 2 aromatic heterocycles. The largest absolute Gasteiger partial charge is 0.507 e. The highest BCUT2D eigenvalue weighted by atomic mass is 79.9. The van der Waals surface area contributed by atoms with Gasteiger partial charge in [0.1, 0.15) is 10.6 Å². The molecule has 7 heteroatoms. The quantitative estimate of drug-likeness (QED) is 0.699. The molecule has 0 unspecified atom stereocenters. The van der Waals surface area contributed by atoms with Gasteiger partial charge in [-0.25, -0.2) is 4.79 Å². The van der Waals surface area contributed by atoms with Crippen molar-refractivity contribution in [3.8, 4) is 5.75 Å². The van der Waals surface area contributed by atoms with Gasteiger partial charge in [-0.2, -0.15) is 0 Å². The molecule has 0 fully saturated rings. The van der Waals surface area contributed by atoms with Gasteiger partial charge >= 0.3 is 5.69 Å². The van der Waals surface area contributed by atoms with Gasteiger partial charge in [0.2, 0.25) is 0 Å². The zero-order chi connectivity index (χ0) is 18.3. The number of aromatic nitrogens is 2. The molecule has 0 saturated heterocycles. The number of rotatable bonds is 4. The summed E-state index contributed by atoms with van der Waals surface area (Å²) >= 11 is 4.86. The Bertz CT molecular complexity index is 1060. The minimum absolute atomic E-state index is 0.186. The van der Waals surface area contributed by atoms with Crippen molar-refractivity contribution in [2.75, 3.05) is 0 Å².